The van der Waals surface area contributed by atoms with Crippen LogP contribution in [0.2, 0.25) is 0 Å². The van der Waals surface area contributed by atoms with E-state index in [4.69, 9.17) is 4.74 Å². The number of hydrogen-bond acceptors (Lipinski definition) is 2. The van der Waals surface area contributed by atoms with Gasteiger partial charge in [-0.15, -0.1) is 0 Å². The molecule has 0 aromatic carbocycles. The van der Waals surface area contributed by atoms with E-state index < -0.39 is 17.8 Å². The predicted octanol–water partition coefficient (Wildman–Crippen LogP) is 2.38. The van der Waals surface area contributed by atoms with Crippen LogP contribution in [0.15, 0.2) is 0 Å². The first-order chi connectivity index (χ1) is 6.05. The van der Waals surface area contributed by atoms with Gasteiger partial charge in [0.15, 0.2) is 0 Å². The fraction of sp³-hybridized carbons (Fsp3) is 0.889. The molecular formula is C9H14F2O2. The second-order valence-electron chi connectivity index (χ2n) is 3.48. The number of alkyl halides is 2. The van der Waals surface area contributed by atoms with Crippen molar-refractivity contribution in [1.82, 2.24) is 0 Å². The van der Waals surface area contributed by atoms with Crippen molar-refractivity contribution in [3.63, 3.8) is 0 Å². The number of unbranched alkanes of at least 4 members (excludes halogenated alkanes) is 1. The summed E-state index contributed by atoms with van der Waals surface area (Å²) in [5, 5.41) is 0. The molecule has 0 N–H and O–H groups in total. The van der Waals surface area contributed by atoms with Gasteiger partial charge in [0, 0.05) is 12.8 Å². The molecule has 0 aliphatic heterocycles. The second kappa shape index (κ2) is 4.03. The number of ether oxygens (including phenoxy) is 1. The van der Waals surface area contributed by atoms with Gasteiger partial charge in [-0.05, 0) is 6.42 Å². The van der Waals surface area contributed by atoms with Gasteiger partial charge < -0.3 is 4.74 Å². The second-order valence-corrected chi connectivity index (χ2v) is 3.48. The minimum absolute atomic E-state index is 0.335. The minimum atomic E-state index is -2.63. The highest BCUT2D eigenvalue weighted by Gasteiger charge is 2.49. The summed E-state index contributed by atoms with van der Waals surface area (Å²) in [4.78, 5) is 11.0. The van der Waals surface area contributed by atoms with Gasteiger partial charge >= 0.3 is 5.97 Å². The number of carbonyl (C=O) groups excluding carboxylic acids is 1. The zero-order chi connectivity index (χ0) is 9.90. The summed E-state index contributed by atoms with van der Waals surface area (Å²) in [6, 6.07) is 0. The number of carbonyl (C=O) groups is 1. The van der Waals surface area contributed by atoms with E-state index in [9.17, 15) is 13.6 Å². The van der Waals surface area contributed by atoms with Gasteiger partial charge in [0.1, 0.15) is 0 Å². The monoisotopic (exact) mass is 192 g/mol. The van der Waals surface area contributed by atoms with Crippen molar-refractivity contribution in [2.45, 2.75) is 38.5 Å². The van der Waals surface area contributed by atoms with Crippen molar-refractivity contribution in [2.75, 3.05) is 6.61 Å². The molecule has 2 nitrogen and oxygen atoms in total. The Bertz CT molecular complexity index is 184. The lowest BCUT2D eigenvalue weighted by atomic mass is 9.81. The summed E-state index contributed by atoms with van der Waals surface area (Å²) < 4.78 is 29.5. The average molecular weight is 192 g/mol. The van der Waals surface area contributed by atoms with E-state index in [0.717, 1.165) is 12.8 Å². The molecule has 13 heavy (non-hydrogen) atoms. The van der Waals surface area contributed by atoms with Crippen molar-refractivity contribution in [3.8, 4) is 0 Å². The van der Waals surface area contributed by atoms with E-state index >= 15 is 0 Å². The van der Waals surface area contributed by atoms with E-state index in [1.807, 2.05) is 6.92 Å². The topological polar surface area (TPSA) is 26.3 Å². The van der Waals surface area contributed by atoms with Crippen LogP contribution in [0.3, 0.4) is 0 Å². The summed E-state index contributed by atoms with van der Waals surface area (Å²) in [5.74, 6) is -3.65. The molecule has 1 rings (SSSR count). The molecule has 0 unspecified atom stereocenters. The molecule has 1 fully saturated rings. The van der Waals surface area contributed by atoms with Gasteiger partial charge in [-0.2, -0.15) is 0 Å². The lowest BCUT2D eigenvalue weighted by Crippen LogP contribution is -2.40. The number of hydrogen-bond donors (Lipinski definition) is 0. The SMILES string of the molecule is CCCCOC(=O)C1CC(F)(F)C1. The first kappa shape index (κ1) is 10.4. The van der Waals surface area contributed by atoms with E-state index in [1.165, 1.54) is 0 Å². The van der Waals surface area contributed by atoms with Gasteiger partial charge in [0.2, 0.25) is 5.92 Å². The Labute approximate surface area is 76.3 Å². The lowest BCUT2D eigenvalue weighted by molar-refractivity contribution is -0.171. The van der Waals surface area contributed by atoms with Crippen molar-refractivity contribution < 1.29 is 18.3 Å². The maximum Gasteiger partial charge on any atom is 0.309 e. The molecule has 1 aliphatic carbocycles. The highest BCUT2D eigenvalue weighted by molar-refractivity contribution is 5.73. The summed E-state index contributed by atoms with van der Waals surface area (Å²) in [6.45, 7) is 2.34. The Balaban J connectivity index is 2.12. The summed E-state index contributed by atoms with van der Waals surface area (Å²) >= 11 is 0. The van der Waals surface area contributed by atoms with Gasteiger partial charge in [0.05, 0.1) is 12.5 Å². The summed E-state index contributed by atoms with van der Waals surface area (Å²) in [6.07, 6.45) is 1.07. The number of halogens is 2. The first-order valence-corrected chi connectivity index (χ1v) is 4.59. The molecule has 1 aliphatic rings. The molecule has 0 amide bonds. The molecule has 0 heterocycles. The van der Waals surface area contributed by atoms with Crippen LogP contribution in [0.1, 0.15) is 32.6 Å². The van der Waals surface area contributed by atoms with Gasteiger partial charge in [-0.3, -0.25) is 4.79 Å². The van der Waals surface area contributed by atoms with Crippen LogP contribution in [0.4, 0.5) is 8.78 Å². The quantitative estimate of drug-likeness (QED) is 0.505. The van der Waals surface area contributed by atoms with Gasteiger partial charge in [0.25, 0.3) is 0 Å². The molecule has 0 radical (unpaired) electrons. The number of esters is 1. The Morgan fingerprint density at radius 1 is 1.54 bits per heavy atom. The molecule has 0 aromatic heterocycles. The Morgan fingerprint density at radius 3 is 2.62 bits per heavy atom. The molecular weight excluding hydrogens is 178 g/mol. The summed E-state index contributed by atoms with van der Waals surface area (Å²) in [7, 11) is 0. The lowest BCUT2D eigenvalue weighted by Gasteiger charge is -2.32. The van der Waals surface area contributed by atoms with E-state index in [2.05, 4.69) is 0 Å². The normalized spacial score (nSPS) is 20.8. The molecule has 0 atom stereocenters. The van der Waals surface area contributed by atoms with Crippen LogP contribution < -0.4 is 0 Å². The Hall–Kier alpha value is -0.670. The standard InChI is InChI=1S/C9H14F2O2/c1-2-3-4-13-8(12)7-5-9(10,11)6-7/h7H,2-6H2,1H3. The van der Waals surface area contributed by atoms with E-state index in [-0.39, 0.29) is 12.8 Å². The van der Waals surface area contributed by atoms with Crippen molar-refractivity contribution in [1.29, 1.82) is 0 Å². The zero-order valence-corrected chi connectivity index (χ0v) is 7.69. The van der Waals surface area contributed by atoms with Crippen LogP contribution in [0.25, 0.3) is 0 Å². The fourth-order valence-corrected chi connectivity index (χ4v) is 1.26. The van der Waals surface area contributed by atoms with Crippen LogP contribution in [-0.2, 0) is 9.53 Å². The maximum absolute atomic E-state index is 12.3. The van der Waals surface area contributed by atoms with Crippen LogP contribution in [0, 0.1) is 5.92 Å². The fourth-order valence-electron chi connectivity index (χ4n) is 1.26. The number of rotatable bonds is 4. The van der Waals surface area contributed by atoms with Crippen molar-refractivity contribution in [2.24, 2.45) is 5.92 Å². The molecule has 0 bridgehead atoms. The van der Waals surface area contributed by atoms with Gasteiger partial charge in [-0.1, -0.05) is 13.3 Å². The Kier molecular flexibility index (Phi) is 3.22. The van der Waals surface area contributed by atoms with Crippen molar-refractivity contribution in [3.05, 3.63) is 0 Å². The summed E-state index contributed by atoms with van der Waals surface area (Å²) in [5.41, 5.74) is 0. The predicted molar refractivity (Wildman–Crippen MR) is 43.5 cm³/mol. The molecule has 0 saturated heterocycles. The largest absolute Gasteiger partial charge is 0.465 e. The molecule has 4 heteroatoms. The van der Waals surface area contributed by atoms with Crippen LogP contribution >= 0.6 is 0 Å². The van der Waals surface area contributed by atoms with Crippen LogP contribution in [-0.4, -0.2) is 18.5 Å². The van der Waals surface area contributed by atoms with Crippen LogP contribution in [0.5, 0.6) is 0 Å². The van der Waals surface area contributed by atoms with Gasteiger partial charge in [-0.25, -0.2) is 8.78 Å². The third kappa shape index (κ3) is 2.94. The molecule has 1 saturated carbocycles. The smallest absolute Gasteiger partial charge is 0.309 e. The molecule has 0 aromatic rings. The molecule has 76 valence electrons. The average Bonchev–Trinajstić information content (AvgIpc) is 2.00. The van der Waals surface area contributed by atoms with E-state index in [0.29, 0.717) is 6.61 Å². The third-order valence-electron chi connectivity index (χ3n) is 2.17. The minimum Gasteiger partial charge on any atom is -0.465 e. The highest BCUT2D eigenvalue weighted by atomic mass is 19.3. The van der Waals surface area contributed by atoms with Crippen molar-refractivity contribution >= 4 is 5.97 Å². The zero-order valence-electron chi connectivity index (χ0n) is 7.69. The highest BCUT2D eigenvalue weighted by Crippen LogP contribution is 2.42. The molecule has 0 spiro atoms. The van der Waals surface area contributed by atoms with E-state index in [1.54, 1.807) is 0 Å². The third-order valence-corrected chi connectivity index (χ3v) is 2.17. The Morgan fingerprint density at radius 2 is 2.15 bits per heavy atom. The maximum atomic E-state index is 12.3. The first-order valence-electron chi connectivity index (χ1n) is 4.59.